The van der Waals surface area contributed by atoms with Crippen LogP contribution in [0.4, 0.5) is 5.82 Å². The Morgan fingerprint density at radius 2 is 2.00 bits per heavy atom. The van der Waals surface area contributed by atoms with E-state index in [4.69, 9.17) is 4.98 Å². The summed E-state index contributed by atoms with van der Waals surface area (Å²) in [5.41, 5.74) is 2.67. The topological polar surface area (TPSA) is 19.4 Å². The van der Waals surface area contributed by atoms with Crippen LogP contribution in [0, 0.1) is 0 Å². The highest BCUT2D eigenvalue weighted by Crippen LogP contribution is 2.24. The van der Waals surface area contributed by atoms with Crippen molar-refractivity contribution < 1.29 is 0 Å². The molecule has 0 bridgehead atoms. The second-order valence-electron chi connectivity index (χ2n) is 6.58. The van der Waals surface area contributed by atoms with E-state index < -0.39 is 0 Å². The number of likely N-dealkylation sites (N-methyl/N-ethyl adjacent to an activating group) is 1. The number of hydrogen-bond acceptors (Lipinski definition) is 3. The van der Waals surface area contributed by atoms with E-state index >= 15 is 0 Å². The van der Waals surface area contributed by atoms with Crippen molar-refractivity contribution in [2.24, 2.45) is 0 Å². The largest absolute Gasteiger partial charge is 0.354 e. The van der Waals surface area contributed by atoms with Gasteiger partial charge in [0.25, 0.3) is 0 Å². The molecule has 1 aliphatic rings. The van der Waals surface area contributed by atoms with Crippen molar-refractivity contribution in [3.05, 3.63) is 23.4 Å². The minimum absolute atomic E-state index is 0.557. The first-order valence-corrected chi connectivity index (χ1v) is 8.51. The number of rotatable bonds is 5. The number of aryl methyl sites for hydroxylation is 1. The van der Waals surface area contributed by atoms with E-state index in [1.54, 1.807) is 0 Å². The summed E-state index contributed by atoms with van der Waals surface area (Å²) in [6.45, 7) is 12.3. The van der Waals surface area contributed by atoms with Crippen molar-refractivity contribution in [3.63, 3.8) is 0 Å². The Morgan fingerprint density at radius 1 is 1.24 bits per heavy atom. The summed E-state index contributed by atoms with van der Waals surface area (Å²) < 4.78 is 0. The Balaban J connectivity index is 2.18. The molecule has 1 atom stereocenters. The van der Waals surface area contributed by atoms with E-state index in [0.717, 1.165) is 26.1 Å². The first-order valence-electron chi connectivity index (χ1n) is 8.51. The molecule has 0 radical (unpaired) electrons. The van der Waals surface area contributed by atoms with E-state index in [0.29, 0.717) is 12.0 Å². The molecular weight excluding hydrogens is 258 g/mol. The van der Waals surface area contributed by atoms with Crippen LogP contribution in [-0.4, -0.2) is 42.6 Å². The average Bonchev–Trinajstić information content (AvgIpc) is 2.49. The fourth-order valence-corrected chi connectivity index (χ4v) is 3.28. The van der Waals surface area contributed by atoms with Gasteiger partial charge in [0.05, 0.1) is 0 Å². The van der Waals surface area contributed by atoms with Crippen molar-refractivity contribution in [2.75, 3.05) is 31.6 Å². The fourth-order valence-electron chi connectivity index (χ4n) is 3.28. The van der Waals surface area contributed by atoms with Crippen molar-refractivity contribution in [1.29, 1.82) is 0 Å². The Kier molecular flexibility index (Phi) is 5.63. The maximum Gasteiger partial charge on any atom is 0.128 e. The highest BCUT2D eigenvalue weighted by Gasteiger charge is 2.24. The summed E-state index contributed by atoms with van der Waals surface area (Å²) >= 11 is 0. The van der Waals surface area contributed by atoms with Crippen LogP contribution in [0.5, 0.6) is 0 Å². The van der Waals surface area contributed by atoms with Gasteiger partial charge in [0.1, 0.15) is 5.82 Å². The number of piperazine rings is 1. The van der Waals surface area contributed by atoms with Gasteiger partial charge in [-0.05, 0) is 37.4 Å². The predicted octanol–water partition coefficient (Wildman–Crippen LogP) is 3.69. The maximum absolute atomic E-state index is 4.96. The molecular formula is C18H31N3. The molecule has 0 aliphatic carbocycles. The molecule has 1 aliphatic heterocycles. The lowest BCUT2D eigenvalue weighted by Crippen LogP contribution is -2.51. The van der Waals surface area contributed by atoms with Gasteiger partial charge in [0.2, 0.25) is 0 Å². The van der Waals surface area contributed by atoms with Crippen molar-refractivity contribution in [2.45, 2.75) is 58.9 Å². The molecule has 0 amide bonds. The van der Waals surface area contributed by atoms with Gasteiger partial charge in [-0.15, -0.1) is 0 Å². The molecule has 0 saturated carbocycles. The number of nitrogens with zero attached hydrogens (tertiary/aromatic N) is 3. The second kappa shape index (κ2) is 7.26. The molecule has 2 heterocycles. The van der Waals surface area contributed by atoms with Crippen molar-refractivity contribution in [1.82, 2.24) is 9.88 Å². The quantitative estimate of drug-likeness (QED) is 0.824. The second-order valence-corrected chi connectivity index (χ2v) is 6.58. The molecule has 0 aromatic carbocycles. The van der Waals surface area contributed by atoms with Crippen LogP contribution >= 0.6 is 0 Å². The average molecular weight is 289 g/mol. The Morgan fingerprint density at radius 3 is 2.62 bits per heavy atom. The Bertz CT molecular complexity index is 456. The molecule has 1 aromatic heterocycles. The van der Waals surface area contributed by atoms with Gasteiger partial charge in [0.15, 0.2) is 0 Å². The monoisotopic (exact) mass is 289 g/mol. The smallest absolute Gasteiger partial charge is 0.128 e. The van der Waals surface area contributed by atoms with Gasteiger partial charge >= 0.3 is 0 Å². The molecule has 1 fully saturated rings. The summed E-state index contributed by atoms with van der Waals surface area (Å²) in [5, 5.41) is 0. The lowest BCUT2D eigenvalue weighted by atomic mass is 10.00. The lowest BCUT2D eigenvalue weighted by molar-refractivity contribution is 0.206. The SMILES string of the molecule is CCCC1CN(c2ccc(C(C)C)c(CC)n2)CCN1C. The zero-order chi connectivity index (χ0) is 15.4. The van der Waals surface area contributed by atoms with E-state index in [-0.39, 0.29) is 0 Å². The lowest BCUT2D eigenvalue weighted by Gasteiger charge is -2.40. The summed E-state index contributed by atoms with van der Waals surface area (Å²) in [6, 6.07) is 5.18. The van der Waals surface area contributed by atoms with Crippen LogP contribution in [-0.2, 0) is 6.42 Å². The van der Waals surface area contributed by atoms with E-state index in [9.17, 15) is 0 Å². The van der Waals surface area contributed by atoms with Gasteiger partial charge in [0, 0.05) is 31.4 Å². The molecule has 118 valence electrons. The molecule has 21 heavy (non-hydrogen) atoms. The molecule has 2 rings (SSSR count). The highest BCUT2D eigenvalue weighted by atomic mass is 15.3. The van der Waals surface area contributed by atoms with Crippen LogP contribution < -0.4 is 4.90 Å². The zero-order valence-corrected chi connectivity index (χ0v) is 14.4. The predicted molar refractivity (Wildman–Crippen MR) is 91.2 cm³/mol. The minimum atomic E-state index is 0.557. The van der Waals surface area contributed by atoms with E-state index in [2.05, 4.69) is 56.7 Å². The fraction of sp³-hybridized carbons (Fsp3) is 0.722. The van der Waals surface area contributed by atoms with Gasteiger partial charge in [-0.1, -0.05) is 40.2 Å². The molecule has 0 N–H and O–H groups in total. The van der Waals surface area contributed by atoms with Crippen LogP contribution in [0.2, 0.25) is 0 Å². The summed E-state index contributed by atoms with van der Waals surface area (Å²) in [6.07, 6.45) is 3.55. The molecule has 1 saturated heterocycles. The third-order valence-electron chi connectivity index (χ3n) is 4.67. The summed E-state index contributed by atoms with van der Waals surface area (Å²) in [7, 11) is 2.25. The van der Waals surface area contributed by atoms with Gasteiger partial charge in [-0.2, -0.15) is 0 Å². The number of pyridine rings is 1. The highest BCUT2D eigenvalue weighted by molar-refractivity contribution is 5.43. The van der Waals surface area contributed by atoms with Crippen LogP contribution in [0.25, 0.3) is 0 Å². The number of hydrogen-bond donors (Lipinski definition) is 0. The zero-order valence-electron chi connectivity index (χ0n) is 14.4. The van der Waals surface area contributed by atoms with Crippen LogP contribution in [0.1, 0.15) is 57.7 Å². The van der Waals surface area contributed by atoms with Gasteiger partial charge in [-0.3, -0.25) is 4.90 Å². The number of anilines is 1. The van der Waals surface area contributed by atoms with Gasteiger partial charge in [-0.25, -0.2) is 4.98 Å². The van der Waals surface area contributed by atoms with Crippen molar-refractivity contribution in [3.8, 4) is 0 Å². The standard InChI is InChI=1S/C18H31N3/c1-6-8-15-13-21(12-11-20(15)5)18-10-9-16(14(3)4)17(7-2)19-18/h9-10,14-15H,6-8,11-13H2,1-5H3. The first kappa shape index (κ1) is 16.3. The normalized spacial score (nSPS) is 20.3. The Hall–Kier alpha value is -1.09. The van der Waals surface area contributed by atoms with Crippen molar-refractivity contribution >= 4 is 5.82 Å². The molecule has 1 unspecified atom stereocenters. The molecule has 3 heteroatoms. The van der Waals surface area contributed by atoms with E-state index in [1.807, 2.05) is 0 Å². The van der Waals surface area contributed by atoms with E-state index in [1.165, 1.54) is 29.9 Å². The van der Waals surface area contributed by atoms with Crippen LogP contribution in [0.15, 0.2) is 12.1 Å². The summed E-state index contributed by atoms with van der Waals surface area (Å²) in [4.78, 5) is 9.94. The van der Waals surface area contributed by atoms with Gasteiger partial charge < -0.3 is 4.90 Å². The molecule has 1 aromatic rings. The first-order chi connectivity index (χ1) is 10.1. The van der Waals surface area contributed by atoms with Crippen LogP contribution in [0.3, 0.4) is 0 Å². The third kappa shape index (κ3) is 3.76. The molecule has 0 spiro atoms. The molecule has 3 nitrogen and oxygen atoms in total. The summed E-state index contributed by atoms with van der Waals surface area (Å²) in [5.74, 6) is 1.73. The third-order valence-corrected chi connectivity index (χ3v) is 4.67. The Labute approximate surface area is 130 Å². The minimum Gasteiger partial charge on any atom is -0.354 e. The number of aromatic nitrogens is 1. The maximum atomic E-state index is 4.96.